The van der Waals surface area contributed by atoms with Crippen molar-refractivity contribution in [1.29, 1.82) is 0 Å². The highest BCUT2D eigenvalue weighted by molar-refractivity contribution is 5.58. The molecule has 0 atom stereocenters. The van der Waals surface area contributed by atoms with Gasteiger partial charge in [0.25, 0.3) is 0 Å². The van der Waals surface area contributed by atoms with Crippen LogP contribution in [0.4, 0.5) is 5.69 Å². The van der Waals surface area contributed by atoms with Gasteiger partial charge in [0.2, 0.25) is 0 Å². The summed E-state index contributed by atoms with van der Waals surface area (Å²) >= 11 is 0. The van der Waals surface area contributed by atoms with Gasteiger partial charge < -0.3 is 15.9 Å². The van der Waals surface area contributed by atoms with E-state index in [0.29, 0.717) is 12.1 Å². The highest BCUT2D eigenvalue weighted by atomic mass is 16.3. The number of hydrogen-bond acceptors (Lipinski definition) is 3. The van der Waals surface area contributed by atoms with Gasteiger partial charge in [-0.3, -0.25) is 0 Å². The summed E-state index contributed by atoms with van der Waals surface area (Å²) in [5.41, 5.74) is 8.98. The highest BCUT2D eigenvalue weighted by Gasteiger charge is 2.09. The molecule has 1 aromatic carbocycles. The lowest BCUT2D eigenvalue weighted by atomic mass is 9.98. The summed E-state index contributed by atoms with van der Waals surface area (Å²) in [5, 5.41) is 18.3. The molecule has 0 heterocycles. The molecule has 0 aliphatic heterocycles. The molecule has 0 unspecified atom stereocenters. The van der Waals surface area contributed by atoms with Crippen molar-refractivity contribution in [2.75, 3.05) is 12.3 Å². The van der Waals surface area contributed by atoms with Crippen molar-refractivity contribution in [2.24, 2.45) is 0 Å². The summed E-state index contributed by atoms with van der Waals surface area (Å²) in [6.45, 7) is 3.85. The number of rotatable bonds is 2. The predicted octanol–water partition coefficient (Wildman–Crippen LogP) is 1.13. The molecule has 0 aromatic heterocycles. The van der Waals surface area contributed by atoms with E-state index in [2.05, 4.69) is 0 Å². The normalized spacial score (nSPS) is 10.4. The van der Waals surface area contributed by atoms with E-state index in [1.807, 2.05) is 13.8 Å². The average Bonchev–Trinajstić information content (AvgIpc) is 2.09. The number of anilines is 1. The molecule has 0 fully saturated rings. The fraction of sp³-hybridized carbons (Fsp3) is 0.400. The van der Waals surface area contributed by atoms with Crippen molar-refractivity contribution in [1.82, 2.24) is 0 Å². The number of phenols is 1. The molecule has 4 N–H and O–H groups in total. The highest BCUT2D eigenvalue weighted by Crippen LogP contribution is 2.28. The molecular weight excluding hydrogens is 166 g/mol. The maximum atomic E-state index is 9.54. The van der Waals surface area contributed by atoms with E-state index < -0.39 is 0 Å². The van der Waals surface area contributed by atoms with E-state index in [1.165, 1.54) is 6.07 Å². The van der Waals surface area contributed by atoms with Crippen molar-refractivity contribution in [3.05, 3.63) is 22.8 Å². The zero-order chi connectivity index (χ0) is 10.0. The summed E-state index contributed by atoms with van der Waals surface area (Å²) < 4.78 is 0. The minimum atomic E-state index is 0.0394. The molecule has 0 amide bonds. The van der Waals surface area contributed by atoms with Crippen LogP contribution in [-0.4, -0.2) is 16.8 Å². The Morgan fingerprint density at radius 3 is 2.46 bits per heavy atom. The number of aliphatic hydroxyl groups excluding tert-OH is 1. The maximum Gasteiger partial charge on any atom is 0.121 e. The monoisotopic (exact) mass is 181 g/mol. The number of phenolic OH excluding ortho intramolecular Hbond substituents is 1. The largest absolute Gasteiger partial charge is 0.508 e. The van der Waals surface area contributed by atoms with E-state index in [-0.39, 0.29) is 12.4 Å². The molecule has 1 aromatic rings. The van der Waals surface area contributed by atoms with Crippen LogP contribution in [0.5, 0.6) is 5.75 Å². The van der Waals surface area contributed by atoms with Gasteiger partial charge in [-0.25, -0.2) is 0 Å². The van der Waals surface area contributed by atoms with Gasteiger partial charge in [0.05, 0.1) is 0 Å². The van der Waals surface area contributed by atoms with E-state index in [1.54, 1.807) is 0 Å². The number of nitrogen functional groups attached to an aromatic ring is 1. The summed E-state index contributed by atoms with van der Waals surface area (Å²) in [6.07, 6.45) is 0.471. The van der Waals surface area contributed by atoms with E-state index in [9.17, 15) is 5.11 Å². The molecule has 0 spiro atoms. The molecular formula is C10H15NO2. The predicted molar refractivity (Wildman–Crippen MR) is 52.8 cm³/mol. The first-order valence-electron chi connectivity index (χ1n) is 4.26. The Kier molecular flexibility index (Phi) is 2.78. The Hall–Kier alpha value is -1.22. The van der Waals surface area contributed by atoms with Crippen LogP contribution in [0.15, 0.2) is 6.07 Å². The first-order chi connectivity index (χ1) is 6.07. The third-order valence-corrected chi connectivity index (χ3v) is 2.41. The van der Waals surface area contributed by atoms with Crippen molar-refractivity contribution in [3.8, 4) is 5.75 Å². The van der Waals surface area contributed by atoms with Crippen LogP contribution in [0.2, 0.25) is 0 Å². The fourth-order valence-electron chi connectivity index (χ4n) is 1.40. The molecule has 3 nitrogen and oxygen atoms in total. The standard InChI is InChI=1S/C10H15NO2/c1-6-7(2)9(11)5-10(13)8(6)3-4-12/h5,12-13H,3-4,11H2,1-2H3. The number of aromatic hydroxyl groups is 1. The van der Waals surface area contributed by atoms with Gasteiger partial charge in [-0.05, 0) is 37.0 Å². The van der Waals surface area contributed by atoms with Crippen molar-refractivity contribution in [3.63, 3.8) is 0 Å². The van der Waals surface area contributed by atoms with Crippen LogP contribution in [0.3, 0.4) is 0 Å². The van der Waals surface area contributed by atoms with Crippen molar-refractivity contribution in [2.45, 2.75) is 20.3 Å². The Balaban J connectivity index is 3.26. The van der Waals surface area contributed by atoms with Gasteiger partial charge in [-0.2, -0.15) is 0 Å². The molecule has 0 saturated heterocycles. The van der Waals surface area contributed by atoms with Gasteiger partial charge in [0, 0.05) is 18.4 Å². The summed E-state index contributed by atoms with van der Waals surface area (Å²) in [7, 11) is 0. The van der Waals surface area contributed by atoms with E-state index in [4.69, 9.17) is 10.8 Å². The molecule has 0 radical (unpaired) electrons. The van der Waals surface area contributed by atoms with Crippen LogP contribution >= 0.6 is 0 Å². The Bertz CT molecular complexity index is 321. The lowest BCUT2D eigenvalue weighted by molar-refractivity contribution is 0.297. The number of aliphatic hydroxyl groups is 1. The Morgan fingerprint density at radius 1 is 1.31 bits per heavy atom. The first kappa shape index (κ1) is 9.86. The molecule has 0 aliphatic rings. The van der Waals surface area contributed by atoms with Crippen molar-refractivity contribution >= 4 is 5.69 Å². The molecule has 13 heavy (non-hydrogen) atoms. The minimum absolute atomic E-state index is 0.0394. The summed E-state index contributed by atoms with van der Waals surface area (Å²) in [4.78, 5) is 0. The van der Waals surface area contributed by atoms with Gasteiger partial charge in [-0.15, -0.1) is 0 Å². The fourth-order valence-corrected chi connectivity index (χ4v) is 1.40. The van der Waals surface area contributed by atoms with Gasteiger partial charge in [-0.1, -0.05) is 0 Å². The zero-order valence-corrected chi connectivity index (χ0v) is 7.96. The van der Waals surface area contributed by atoms with Gasteiger partial charge in [0.1, 0.15) is 5.75 Å². The summed E-state index contributed by atoms with van der Waals surface area (Å²) in [5.74, 6) is 0.176. The van der Waals surface area contributed by atoms with Gasteiger partial charge in [0.15, 0.2) is 0 Å². The maximum absolute atomic E-state index is 9.54. The number of nitrogens with two attached hydrogens (primary N) is 1. The SMILES string of the molecule is Cc1c(N)cc(O)c(CCO)c1C. The minimum Gasteiger partial charge on any atom is -0.508 e. The second kappa shape index (κ2) is 3.66. The Labute approximate surface area is 77.8 Å². The quantitative estimate of drug-likeness (QED) is 0.599. The molecule has 1 rings (SSSR count). The van der Waals surface area contributed by atoms with E-state index >= 15 is 0 Å². The second-order valence-electron chi connectivity index (χ2n) is 3.19. The zero-order valence-electron chi connectivity index (χ0n) is 7.96. The van der Waals surface area contributed by atoms with Crippen LogP contribution in [-0.2, 0) is 6.42 Å². The topological polar surface area (TPSA) is 66.5 Å². The average molecular weight is 181 g/mol. The van der Waals surface area contributed by atoms with Crippen LogP contribution in [0.1, 0.15) is 16.7 Å². The first-order valence-corrected chi connectivity index (χ1v) is 4.26. The lowest BCUT2D eigenvalue weighted by Gasteiger charge is -2.12. The molecule has 72 valence electrons. The third kappa shape index (κ3) is 1.75. The third-order valence-electron chi connectivity index (χ3n) is 2.41. The Morgan fingerprint density at radius 2 is 1.92 bits per heavy atom. The van der Waals surface area contributed by atoms with Crippen LogP contribution in [0.25, 0.3) is 0 Å². The second-order valence-corrected chi connectivity index (χ2v) is 3.19. The van der Waals surface area contributed by atoms with Crippen LogP contribution < -0.4 is 5.73 Å². The summed E-state index contributed by atoms with van der Waals surface area (Å²) in [6, 6.07) is 1.54. The molecule has 0 bridgehead atoms. The number of benzene rings is 1. The van der Waals surface area contributed by atoms with Crippen molar-refractivity contribution < 1.29 is 10.2 Å². The van der Waals surface area contributed by atoms with E-state index in [0.717, 1.165) is 16.7 Å². The smallest absolute Gasteiger partial charge is 0.121 e. The van der Waals surface area contributed by atoms with Gasteiger partial charge >= 0.3 is 0 Å². The molecule has 3 heteroatoms. The molecule has 0 saturated carbocycles. The van der Waals surface area contributed by atoms with Crippen LogP contribution in [0, 0.1) is 13.8 Å². The lowest BCUT2D eigenvalue weighted by Crippen LogP contribution is -2.00. The molecule has 0 aliphatic carbocycles. The number of hydrogen-bond donors (Lipinski definition) is 3.